The first-order chi connectivity index (χ1) is 11.7. The number of alkyl halides is 3. The standard InChI is InChI=1S/C17H10F4O4/c1-8-12(22)7-6-11-13(23)15(16(17(19,20)21)25-14(8)11)24-10-4-2-9(18)3-5-10/h2-7,22H,1H3. The SMILES string of the molecule is Cc1c(O)ccc2c(=O)c(Oc3ccc(F)cc3)c(C(F)(F)F)oc12. The van der Waals surface area contributed by atoms with Crippen molar-refractivity contribution in [3.05, 3.63) is 63.8 Å². The number of ether oxygens (including phenoxy) is 1. The van der Waals surface area contributed by atoms with E-state index in [0.29, 0.717) is 0 Å². The second-order valence-corrected chi connectivity index (χ2v) is 5.23. The van der Waals surface area contributed by atoms with Crippen molar-refractivity contribution in [2.24, 2.45) is 0 Å². The van der Waals surface area contributed by atoms with E-state index in [9.17, 15) is 27.5 Å². The van der Waals surface area contributed by atoms with E-state index in [-0.39, 0.29) is 28.0 Å². The summed E-state index contributed by atoms with van der Waals surface area (Å²) in [5, 5.41) is 9.44. The monoisotopic (exact) mass is 354 g/mol. The molecule has 0 atom stereocenters. The largest absolute Gasteiger partial charge is 0.508 e. The molecule has 0 aliphatic carbocycles. The van der Waals surface area contributed by atoms with E-state index < -0.39 is 28.9 Å². The summed E-state index contributed by atoms with van der Waals surface area (Å²) in [6.07, 6.45) is -5.01. The molecule has 0 saturated heterocycles. The predicted octanol–water partition coefficient (Wildman–Crippen LogP) is 4.76. The van der Waals surface area contributed by atoms with Gasteiger partial charge in [0.1, 0.15) is 22.9 Å². The first kappa shape index (κ1) is 16.8. The molecule has 8 heteroatoms. The van der Waals surface area contributed by atoms with Crippen molar-refractivity contribution in [2.75, 3.05) is 0 Å². The van der Waals surface area contributed by atoms with Gasteiger partial charge in [-0.3, -0.25) is 4.79 Å². The fraction of sp³-hybridized carbons (Fsp3) is 0.118. The van der Waals surface area contributed by atoms with Crippen molar-refractivity contribution in [1.29, 1.82) is 0 Å². The van der Waals surface area contributed by atoms with Crippen LogP contribution >= 0.6 is 0 Å². The minimum Gasteiger partial charge on any atom is -0.508 e. The number of fused-ring (bicyclic) bond motifs is 1. The Kier molecular flexibility index (Phi) is 3.90. The highest BCUT2D eigenvalue weighted by Crippen LogP contribution is 2.39. The summed E-state index contributed by atoms with van der Waals surface area (Å²) in [7, 11) is 0. The topological polar surface area (TPSA) is 59.7 Å². The first-order valence-corrected chi connectivity index (χ1v) is 6.98. The number of rotatable bonds is 2. The Morgan fingerprint density at radius 1 is 1.08 bits per heavy atom. The summed E-state index contributed by atoms with van der Waals surface area (Å²) in [6.45, 7) is 1.32. The molecule has 0 amide bonds. The van der Waals surface area contributed by atoms with Gasteiger partial charge in [-0.1, -0.05) is 0 Å². The molecule has 3 rings (SSSR count). The highest BCUT2D eigenvalue weighted by atomic mass is 19.4. The van der Waals surface area contributed by atoms with Gasteiger partial charge in [-0.15, -0.1) is 0 Å². The number of aryl methyl sites for hydroxylation is 1. The third-order valence-corrected chi connectivity index (χ3v) is 3.53. The summed E-state index contributed by atoms with van der Waals surface area (Å²) >= 11 is 0. The first-order valence-electron chi connectivity index (χ1n) is 6.98. The number of phenolic OH excluding ortho intramolecular Hbond substituents is 1. The normalized spacial score (nSPS) is 11.7. The molecule has 1 heterocycles. The maximum absolute atomic E-state index is 13.3. The number of halogens is 4. The average Bonchev–Trinajstić information content (AvgIpc) is 2.54. The average molecular weight is 354 g/mol. The van der Waals surface area contributed by atoms with Crippen LogP contribution < -0.4 is 10.2 Å². The minimum atomic E-state index is -5.01. The summed E-state index contributed by atoms with van der Waals surface area (Å²) in [5.74, 6) is -3.77. The van der Waals surface area contributed by atoms with Crippen molar-refractivity contribution in [3.63, 3.8) is 0 Å². The van der Waals surface area contributed by atoms with E-state index in [4.69, 9.17) is 9.15 Å². The fourth-order valence-corrected chi connectivity index (χ4v) is 2.27. The Morgan fingerprint density at radius 3 is 2.32 bits per heavy atom. The molecule has 0 spiro atoms. The molecular weight excluding hydrogens is 344 g/mol. The summed E-state index contributed by atoms with van der Waals surface area (Å²) < 4.78 is 62.8. The Labute approximate surface area is 137 Å². The van der Waals surface area contributed by atoms with E-state index >= 15 is 0 Å². The third kappa shape index (κ3) is 3.02. The molecule has 0 unspecified atom stereocenters. The second kappa shape index (κ2) is 5.80. The summed E-state index contributed by atoms with van der Waals surface area (Å²) in [4.78, 5) is 12.5. The number of benzene rings is 2. The summed E-state index contributed by atoms with van der Waals surface area (Å²) in [5.41, 5.74) is -1.45. The molecule has 0 radical (unpaired) electrons. The van der Waals surface area contributed by atoms with Crippen LogP contribution in [0.15, 0.2) is 45.6 Å². The zero-order valence-electron chi connectivity index (χ0n) is 12.6. The van der Waals surface area contributed by atoms with Crippen molar-refractivity contribution in [1.82, 2.24) is 0 Å². The maximum Gasteiger partial charge on any atom is 0.453 e. The lowest BCUT2D eigenvalue weighted by Crippen LogP contribution is -2.15. The zero-order valence-corrected chi connectivity index (χ0v) is 12.6. The van der Waals surface area contributed by atoms with Crippen LogP contribution in [0.5, 0.6) is 17.2 Å². The molecule has 0 fully saturated rings. The molecule has 25 heavy (non-hydrogen) atoms. The molecule has 4 nitrogen and oxygen atoms in total. The maximum atomic E-state index is 13.3. The number of hydrogen-bond donors (Lipinski definition) is 1. The van der Waals surface area contributed by atoms with Gasteiger partial charge in [-0.2, -0.15) is 13.2 Å². The van der Waals surface area contributed by atoms with Crippen molar-refractivity contribution in [2.45, 2.75) is 13.1 Å². The van der Waals surface area contributed by atoms with Crippen LogP contribution in [-0.4, -0.2) is 5.11 Å². The molecule has 0 saturated carbocycles. The minimum absolute atomic E-state index is 0.00608. The summed E-state index contributed by atoms with van der Waals surface area (Å²) in [6, 6.07) is 6.44. The highest BCUT2D eigenvalue weighted by Gasteiger charge is 2.40. The molecule has 3 aromatic rings. The smallest absolute Gasteiger partial charge is 0.453 e. The van der Waals surface area contributed by atoms with Crippen molar-refractivity contribution < 1.29 is 31.8 Å². The molecule has 1 aromatic heterocycles. The Morgan fingerprint density at radius 2 is 1.72 bits per heavy atom. The second-order valence-electron chi connectivity index (χ2n) is 5.23. The van der Waals surface area contributed by atoms with Crippen LogP contribution in [0.25, 0.3) is 11.0 Å². The molecule has 0 bridgehead atoms. The fourth-order valence-electron chi connectivity index (χ4n) is 2.27. The Hall–Kier alpha value is -3.03. The predicted molar refractivity (Wildman–Crippen MR) is 80.4 cm³/mol. The van der Waals surface area contributed by atoms with E-state index in [2.05, 4.69) is 0 Å². The van der Waals surface area contributed by atoms with Crippen molar-refractivity contribution >= 4 is 11.0 Å². The lowest BCUT2D eigenvalue weighted by molar-refractivity contribution is -0.154. The Balaban J connectivity index is 2.29. The van der Waals surface area contributed by atoms with Gasteiger partial charge in [0.2, 0.25) is 11.2 Å². The number of aromatic hydroxyl groups is 1. The number of hydrogen-bond acceptors (Lipinski definition) is 4. The zero-order chi connectivity index (χ0) is 18.4. The third-order valence-electron chi connectivity index (χ3n) is 3.53. The van der Waals surface area contributed by atoms with Gasteiger partial charge in [0, 0.05) is 5.56 Å². The molecule has 130 valence electrons. The van der Waals surface area contributed by atoms with Gasteiger partial charge >= 0.3 is 6.18 Å². The Bertz CT molecular complexity index is 1000. The molecule has 0 aliphatic rings. The van der Waals surface area contributed by atoms with Crippen LogP contribution in [0.1, 0.15) is 11.3 Å². The van der Waals surface area contributed by atoms with Gasteiger partial charge in [-0.05, 0) is 43.3 Å². The van der Waals surface area contributed by atoms with Crippen LogP contribution in [0, 0.1) is 12.7 Å². The van der Waals surface area contributed by atoms with Crippen LogP contribution in [0.3, 0.4) is 0 Å². The van der Waals surface area contributed by atoms with E-state index in [0.717, 1.165) is 30.3 Å². The van der Waals surface area contributed by atoms with E-state index in [1.54, 1.807) is 0 Å². The van der Waals surface area contributed by atoms with Crippen molar-refractivity contribution in [3.8, 4) is 17.2 Å². The van der Waals surface area contributed by atoms with Gasteiger partial charge in [0.15, 0.2) is 0 Å². The quantitative estimate of drug-likeness (QED) is 0.674. The van der Waals surface area contributed by atoms with Gasteiger partial charge in [0.05, 0.1) is 5.39 Å². The van der Waals surface area contributed by atoms with Gasteiger partial charge in [-0.25, -0.2) is 4.39 Å². The van der Waals surface area contributed by atoms with Gasteiger partial charge in [0.25, 0.3) is 5.76 Å². The van der Waals surface area contributed by atoms with Crippen LogP contribution in [0.4, 0.5) is 17.6 Å². The molecule has 0 aliphatic heterocycles. The van der Waals surface area contributed by atoms with E-state index in [1.807, 2.05) is 0 Å². The lowest BCUT2D eigenvalue weighted by atomic mass is 10.1. The van der Waals surface area contributed by atoms with Gasteiger partial charge < -0.3 is 14.3 Å². The molecule has 2 aromatic carbocycles. The lowest BCUT2D eigenvalue weighted by Gasteiger charge is -2.14. The molecule has 1 N–H and O–H groups in total. The molecular formula is C17H10F4O4. The highest BCUT2D eigenvalue weighted by molar-refractivity contribution is 5.83. The van der Waals surface area contributed by atoms with E-state index in [1.165, 1.54) is 13.0 Å². The van der Waals surface area contributed by atoms with Crippen LogP contribution in [0.2, 0.25) is 0 Å². The van der Waals surface area contributed by atoms with Crippen LogP contribution in [-0.2, 0) is 6.18 Å². The number of phenols is 1.